The highest BCUT2D eigenvalue weighted by atomic mass is 32.2. The second-order valence-corrected chi connectivity index (χ2v) is 7.45. The van der Waals surface area contributed by atoms with Crippen molar-refractivity contribution in [2.75, 3.05) is 26.2 Å². The average Bonchev–Trinajstić information content (AvgIpc) is 2.74. The first-order valence-corrected chi connectivity index (χ1v) is 9.03. The summed E-state index contributed by atoms with van der Waals surface area (Å²) in [6, 6.07) is 4.14. The minimum atomic E-state index is -3.69. The lowest BCUT2D eigenvalue weighted by molar-refractivity contribution is -0.143. The molecule has 6 nitrogen and oxygen atoms in total. The number of hydrogen-bond donors (Lipinski definition) is 1. The largest absolute Gasteiger partial charge is 0.480 e. The molecule has 1 aliphatic rings. The maximum Gasteiger partial charge on any atom is 0.320 e. The third kappa shape index (κ3) is 4.07. The Kier molecular flexibility index (Phi) is 5.72. The predicted molar refractivity (Wildman–Crippen MR) is 83.1 cm³/mol. The average molecular weight is 344 g/mol. The van der Waals surface area contributed by atoms with Gasteiger partial charge in [-0.15, -0.1) is 0 Å². The van der Waals surface area contributed by atoms with Gasteiger partial charge >= 0.3 is 5.97 Å². The minimum absolute atomic E-state index is 0.0534. The Morgan fingerprint density at radius 1 is 1.22 bits per heavy atom. The molecule has 1 atom stereocenters. The summed E-state index contributed by atoms with van der Waals surface area (Å²) >= 11 is 0. The Balaban J connectivity index is 2.13. The zero-order valence-electron chi connectivity index (χ0n) is 13.0. The SMILES string of the molecule is CCC(C(=O)O)N1CCCN(S(=O)(=O)c2ccc(F)cc2)CC1. The normalized spacial score (nSPS) is 19.2. The summed E-state index contributed by atoms with van der Waals surface area (Å²) in [7, 11) is -3.69. The third-order valence-corrected chi connectivity index (χ3v) is 5.97. The molecule has 0 radical (unpaired) electrons. The monoisotopic (exact) mass is 344 g/mol. The molecule has 23 heavy (non-hydrogen) atoms. The molecule has 0 amide bonds. The zero-order valence-corrected chi connectivity index (χ0v) is 13.8. The van der Waals surface area contributed by atoms with Gasteiger partial charge < -0.3 is 5.11 Å². The second kappa shape index (κ2) is 7.37. The van der Waals surface area contributed by atoms with Gasteiger partial charge in [-0.3, -0.25) is 9.69 Å². The smallest absolute Gasteiger partial charge is 0.320 e. The van der Waals surface area contributed by atoms with E-state index in [2.05, 4.69) is 0 Å². The zero-order chi connectivity index (χ0) is 17.0. The van der Waals surface area contributed by atoms with E-state index >= 15 is 0 Å². The van der Waals surface area contributed by atoms with E-state index in [-0.39, 0.29) is 11.4 Å². The van der Waals surface area contributed by atoms with Gasteiger partial charge in [0, 0.05) is 26.2 Å². The van der Waals surface area contributed by atoms with Gasteiger partial charge in [-0.2, -0.15) is 4.31 Å². The van der Waals surface area contributed by atoms with Crippen LogP contribution in [-0.2, 0) is 14.8 Å². The quantitative estimate of drug-likeness (QED) is 0.873. The van der Waals surface area contributed by atoms with Crippen LogP contribution < -0.4 is 0 Å². The van der Waals surface area contributed by atoms with E-state index in [0.717, 1.165) is 12.1 Å². The van der Waals surface area contributed by atoms with Crippen LogP contribution in [-0.4, -0.2) is 60.9 Å². The minimum Gasteiger partial charge on any atom is -0.480 e. The van der Waals surface area contributed by atoms with E-state index in [1.165, 1.54) is 16.4 Å². The van der Waals surface area contributed by atoms with Crippen molar-refractivity contribution in [3.05, 3.63) is 30.1 Å². The van der Waals surface area contributed by atoms with Gasteiger partial charge in [-0.05, 0) is 37.1 Å². The summed E-state index contributed by atoms with van der Waals surface area (Å²) in [5, 5.41) is 9.24. The predicted octanol–water partition coefficient (Wildman–Crippen LogP) is 1.39. The van der Waals surface area contributed by atoms with Crippen LogP contribution in [0.3, 0.4) is 0 Å². The number of aliphatic carboxylic acids is 1. The number of hydrogen-bond acceptors (Lipinski definition) is 4. The van der Waals surface area contributed by atoms with Crippen LogP contribution in [0.15, 0.2) is 29.2 Å². The lowest BCUT2D eigenvalue weighted by Gasteiger charge is -2.26. The first-order valence-electron chi connectivity index (χ1n) is 7.59. The van der Waals surface area contributed by atoms with Crippen LogP contribution in [0.25, 0.3) is 0 Å². The first-order chi connectivity index (χ1) is 10.9. The fourth-order valence-corrected chi connectivity index (χ4v) is 4.28. The molecule has 128 valence electrons. The number of carbonyl (C=O) groups is 1. The molecule has 1 fully saturated rings. The van der Waals surface area contributed by atoms with Gasteiger partial charge in [0.2, 0.25) is 10.0 Å². The van der Waals surface area contributed by atoms with Crippen molar-refractivity contribution in [2.45, 2.75) is 30.7 Å². The van der Waals surface area contributed by atoms with Crippen molar-refractivity contribution in [3.63, 3.8) is 0 Å². The molecule has 0 aromatic heterocycles. The molecule has 1 aromatic rings. The van der Waals surface area contributed by atoms with Crippen molar-refractivity contribution in [1.29, 1.82) is 0 Å². The molecule has 0 spiro atoms. The summed E-state index contributed by atoms with van der Waals surface area (Å²) < 4.78 is 39.5. The summed E-state index contributed by atoms with van der Waals surface area (Å²) in [5.41, 5.74) is 0. The highest BCUT2D eigenvalue weighted by molar-refractivity contribution is 7.89. The molecule has 1 heterocycles. The fourth-order valence-electron chi connectivity index (χ4n) is 2.81. The van der Waals surface area contributed by atoms with Crippen LogP contribution in [0.2, 0.25) is 0 Å². The third-order valence-electron chi connectivity index (χ3n) is 4.05. The Labute approximate surface area is 135 Å². The molecule has 0 saturated carbocycles. The highest BCUT2D eigenvalue weighted by Crippen LogP contribution is 2.19. The molecule has 1 aromatic carbocycles. The van der Waals surface area contributed by atoms with Gasteiger partial charge in [-0.1, -0.05) is 6.92 Å². The topological polar surface area (TPSA) is 77.9 Å². The van der Waals surface area contributed by atoms with Crippen molar-refractivity contribution < 1.29 is 22.7 Å². The van der Waals surface area contributed by atoms with E-state index in [0.29, 0.717) is 32.5 Å². The van der Waals surface area contributed by atoms with Gasteiger partial charge in [0.25, 0.3) is 0 Å². The Morgan fingerprint density at radius 3 is 2.43 bits per heavy atom. The maximum absolute atomic E-state index is 13.0. The van der Waals surface area contributed by atoms with E-state index < -0.39 is 27.9 Å². The van der Waals surface area contributed by atoms with E-state index in [1.807, 2.05) is 4.90 Å². The van der Waals surface area contributed by atoms with Gasteiger partial charge in [0.1, 0.15) is 11.9 Å². The number of benzene rings is 1. The van der Waals surface area contributed by atoms with Crippen molar-refractivity contribution >= 4 is 16.0 Å². The number of carboxylic acid groups (broad SMARTS) is 1. The lowest BCUT2D eigenvalue weighted by atomic mass is 10.2. The van der Waals surface area contributed by atoms with Crippen LogP contribution in [0.5, 0.6) is 0 Å². The van der Waals surface area contributed by atoms with Gasteiger partial charge in [0.15, 0.2) is 0 Å². The van der Waals surface area contributed by atoms with Crippen molar-refractivity contribution in [3.8, 4) is 0 Å². The molecule has 1 N–H and O–H groups in total. The highest BCUT2D eigenvalue weighted by Gasteiger charge is 2.30. The summed E-state index contributed by atoms with van der Waals surface area (Å²) in [6.45, 7) is 3.26. The molecule has 8 heteroatoms. The molecule has 1 saturated heterocycles. The molecular weight excluding hydrogens is 323 g/mol. The Morgan fingerprint density at radius 2 is 1.87 bits per heavy atom. The summed E-state index contributed by atoms with van der Waals surface area (Å²) in [4.78, 5) is 13.1. The standard InChI is InChI=1S/C15H21FN2O4S/c1-2-14(15(19)20)17-8-3-9-18(11-10-17)23(21,22)13-6-4-12(16)5-7-13/h4-7,14H,2-3,8-11H2,1H3,(H,19,20). The van der Waals surface area contributed by atoms with Crippen LogP contribution in [0.4, 0.5) is 4.39 Å². The lowest BCUT2D eigenvalue weighted by Crippen LogP contribution is -2.43. The number of rotatable bonds is 5. The first kappa shape index (κ1) is 17.8. The van der Waals surface area contributed by atoms with Crippen molar-refractivity contribution in [2.24, 2.45) is 0 Å². The summed E-state index contributed by atoms with van der Waals surface area (Å²) in [6.07, 6.45) is 1.03. The van der Waals surface area contributed by atoms with Crippen LogP contribution in [0, 0.1) is 5.82 Å². The Hall–Kier alpha value is -1.51. The number of sulfonamides is 1. The number of carboxylic acids is 1. The van der Waals surface area contributed by atoms with E-state index in [1.54, 1.807) is 6.92 Å². The van der Waals surface area contributed by atoms with Gasteiger partial charge in [0.05, 0.1) is 4.90 Å². The molecular formula is C15H21FN2O4S. The maximum atomic E-state index is 13.0. The summed E-state index contributed by atoms with van der Waals surface area (Å²) in [5.74, 6) is -1.37. The van der Waals surface area contributed by atoms with E-state index in [9.17, 15) is 22.7 Å². The second-order valence-electron chi connectivity index (χ2n) is 5.51. The molecule has 0 aliphatic carbocycles. The number of halogens is 1. The number of nitrogens with zero attached hydrogens (tertiary/aromatic N) is 2. The molecule has 1 aliphatic heterocycles. The fraction of sp³-hybridized carbons (Fsp3) is 0.533. The molecule has 0 bridgehead atoms. The van der Waals surface area contributed by atoms with Crippen LogP contribution in [0.1, 0.15) is 19.8 Å². The van der Waals surface area contributed by atoms with Crippen LogP contribution >= 0.6 is 0 Å². The van der Waals surface area contributed by atoms with E-state index in [4.69, 9.17) is 0 Å². The van der Waals surface area contributed by atoms with Crippen molar-refractivity contribution in [1.82, 2.24) is 9.21 Å². The Bertz CT molecular complexity index is 648. The molecule has 2 rings (SSSR count). The molecule has 1 unspecified atom stereocenters. The van der Waals surface area contributed by atoms with Gasteiger partial charge in [-0.25, -0.2) is 12.8 Å².